The SMILES string of the molecule is CC(=O)N(CCCCCCC(=O)NO)c1ccc(-c2ccc3cc[nH]c3c2)cc1. The van der Waals surface area contributed by atoms with E-state index >= 15 is 0 Å². The first-order valence-corrected chi connectivity index (χ1v) is 9.97. The Hall–Kier alpha value is -3.12. The van der Waals surface area contributed by atoms with E-state index in [9.17, 15) is 9.59 Å². The second-order valence-electron chi connectivity index (χ2n) is 7.20. The monoisotopic (exact) mass is 393 g/mol. The average molecular weight is 393 g/mol. The van der Waals surface area contributed by atoms with Gasteiger partial charge in [0.15, 0.2) is 0 Å². The quantitative estimate of drug-likeness (QED) is 0.281. The highest BCUT2D eigenvalue weighted by Gasteiger charge is 2.11. The van der Waals surface area contributed by atoms with E-state index in [4.69, 9.17) is 5.21 Å². The number of amides is 2. The number of hydrogen-bond donors (Lipinski definition) is 3. The number of unbranched alkanes of at least 4 members (excludes halogenated alkanes) is 3. The molecule has 2 aromatic carbocycles. The van der Waals surface area contributed by atoms with Crippen molar-refractivity contribution in [2.24, 2.45) is 0 Å². The zero-order chi connectivity index (χ0) is 20.6. The molecule has 0 aliphatic heterocycles. The van der Waals surface area contributed by atoms with Gasteiger partial charge in [0.2, 0.25) is 11.8 Å². The lowest BCUT2D eigenvalue weighted by atomic mass is 10.0. The molecule has 1 heterocycles. The molecule has 3 rings (SSSR count). The van der Waals surface area contributed by atoms with E-state index in [1.165, 1.54) is 5.39 Å². The van der Waals surface area contributed by atoms with Crippen LogP contribution in [0.2, 0.25) is 0 Å². The first-order valence-electron chi connectivity index (χ1n) is 9.97. The lowest BCUT2D eigenvalue weighted by Crippen LogP contribution is -2.29. The second kappa shape index (κ2) is 9.89. The summed E-state index contributed by atoms with van der Waals surface area (Å²) < 4.78 is 0. The minimum atomic E-state index is -0.356. The highest BCUT2D eigenvalue weighted by atomic mass is 16.5. The minimum Gasteiger partial charge on any atom is -0.361 e. The first kappa shape index (κ1) is 20.6. The molecule has 0 aliphatic carbocycles. The summed E-state index contributed by atoms with van der Waals surface area (Å²) in [5, 5.41) is 9.67. The lowest BCUT2D eigenvalue weighted by molar-refractivity contribution is -0.129. The molecule has 1 aromatic heterocycles. The van der Waals surface area contributed by atoms with Gasteiger partial charge in [0.25, 0.3) is 0 Å². The molecule has 0 unspecified atom stereocenters. The van der Waals surface area contributed by atoms with E-state index < -0.39 is 0 Å². The van der Waals surface area contributed by atoms with Crippen molar-refractivity contribution < 1.29 is 14.8 Å². The Morgan fingerprint density at radius 3 is 2.41 bits per heavy atom. The van der Waals surface area contributed by atoms with Crippen LogP contribution in [0, 0.1) is 0 Å². The minimum absolute atomic E-state index is 0.0187. The van der Waals surface area contributed by atoms with E-state index in [-0.39, 0.29) is 11.8 Å². The van der Waals surface area contributed by atoms with Crippen LogP contribution in [-0.2, 0) is 9.59 Å². The molecule has 6 nitrogen and oxygen atoms in total. The molecule has 29 heavy (non-hydrogen) atoms. The number of carbonyl (C=O) groups is 2. The third kappa shape index (κ3) is 5.45. The van der Waals surface area contributed by atoms with Gasteiger partial charge in [-0.1, -0.05) is 37.1 Å². The molecule has 0 saturated heterocycles. The third-order valence-corrected chi connectivity index (χ3v) is 5.11. The molecule has 2 amide bonds. The van der Waals surface area contributed by atoms with Crippen LogP contribution in [0.1, 0.15) is 39.0 Å². The summed E-state index contributed by atoms with van der Waals surface area (Å²) in [6, 6.07) is 16.4. The van der Waals surface area contributed by atoms with Crippen LogP contribution in [0.4, 0.5) is 5.69 Å². The van der Waals surface area contributed by atoms with Crippen LogP contribution in [0.15, 0.2) is 54.7 Å². The molecule has 3 aromatic rings. The van der Waals surface area contributed by atoms with Crippen LogP contribution in [-0.4, -0.2) is 28.6 Å². The molecule has 0 spiro atoms. The van der Waals surface area contributed by atoms with Crippen molar-refractivity contribution in [2.45, 2.75) is 39.0 Å². The molecule has 0 saturated carbocycles. The Kier molecular flexibility index (Phi) is 7.03. The Morgan fingerprint density at radius 2 is 1.69 bits per heavy atom. The van der Waals surface area contributed by atoms with Gasteiger partial charge in [-0.3, -0.25) is 14.8 Å². The highest BCUT2D eigenvalue weighted by molar-refractivity contribution is 5.92. The maximum atomic E-state index is 12.1. The molecule has 0 radical (unpaired) electrons. The molecule has 152 valence electrons. The highest BCUT2D eigenvalue weighted by Crippen LogP contribution is 2.26. The first-order chi connectivity index (χ1) is 14.1. The summed E-state index contributed by atoms with van der Waals surface area (Å²) in [5.41, 5.74) is 5.88. The Bertz CT molecular complexity index is 963. The normalized spacial score (nSPS) is 10.8. The third-order valence-electron chi connectivity index (χ3n) is 5.11. The topological polar surface area (TPSA) is 85.4 Å². The van der Waals surface area contributed by atoms with Crippen molar-refractivity contribution in [1.82, 2.24) is 10.5 Å². The second-order valence-corrected chi connectivity index (χ2v) is 7.20. The summed E-state index contributed by atoms with van der Waals surface area (Å²) in [7, 11) is 0. The predicted molar refractivity (Wildman–Crippen MR) is 115 cm³/mol. The zero-order valence-corrected chi connectivity index (χ0v) is 16.6. The summed E-state index contributed by atoms with van der Waals surface area (Å²) >= 11 is 0. The van der Waals surface area contributed by atoms with Crippen molar-refractivity contribution >= 4 is 28.4 Å². The smallest absolute Gasteiger partial charge is 0.243 e. The van der Waals surface area contributed by atoms with E-state index in [0.29, 0.717) is 13.0 Å². The number of carbonyl (C=O) groups excluding carboxylic acids is 2. The van der Waals surface area contributed by atoms with Crippen LogP contribution in [0.5, 0.6) is 0 Å². The van der Waals surface area contributed by atoms with E-state index in [2.05, 4.69) is 23.2 Å². The standard InChI is InChI=1S/C23H27N3O3/c1-17(27)26(15-5-3-2-4-6-23(28)25-29)21-11-9-18(10-12-21)20-8-7-19-13-14-24-22(19)16-20/h7-14,16,24,29H,2-6,15H2,1H3,(H,25,28). The maximum Gasteiger partial charge on any atom is 0.243 e. The Labute approximate surface area is 170 Å². The van der Waals surface area contributed by atoms with E-state index in [1.807, 2.05) is 36.5 Å². The van der Waals surface area contributed by atoms with Crippen LogP contribution in [0.25, 0.3) is 22.0 Å². The number of hydroxylamine groups is 1. The lowest BCUT2D eigenvalue weighted by Gasteiger charge is -2.21. The summed E-state index contributed by atoms with van der Waals surface area (Å²) in [5.74, 6) is -0.337. The number of aromatic nitrogens is 1. The van der Waals surface area contributed by atoms with Gasteiger partial charge in [-0.05, 0) is 53.6 Å². The van der Waals surface area contributed by atoms with E-state index in [0.717, 1.165) is 48.0 Å². The van der Waals surface area contributed by atoms with Gasteiger partial charge >= 0.3 is 0 Å². The molecule has 6 heteroatoms. The number of nitrogens with zero attached hydrogens (tertiary/aromatic N) is 1. The summed E-state index contributed by atoms with van der Waals surface area (Å²) in [6.45, 7) is 2.23. The number of H-pyrrole nitrogens is 1. The molecule has 0 fully saturated rings. The van der Waals surface area contributed by atoms with Crippen molar-refractivity contribution in [3.63, 3.8) is 0 Å². The van der Waals surface area contributed by atoms with Crippen molar-refractivity contribution in [2.75, 3.05) is 11.4 Å². The average Bonchev–Trinajstić information content (AvgIpc) is 3.20. The number of hydrogen-bond acceptors (Lipinski definition) is 3. The van der Waals surface area contributed by atoms with Crippen molar-refractivity contribution in [3.05, 3.63) is 54.7 Å². The van der Waals surface area contributed by atoms with Crippen LogP contribution >= 0.6 is 0 Å². The molecule has 0 bridgehead atoms. The van der Waals surface area contributed by atoms with Crippen molar-refractivity contribution in [3.8, 4) is 11.1 Å². The fourth-order valence-corrected chi connectivity index (χ4v) is 3.49. The van der Waals surface area contributed by atoms with Gasteiger partial charge in [0.05, 0.1) is 0 Å². The number of aromatic amines is 1. The fourth-order valence-electron chi connectivity index (χ4n) is 3.49. The van der Waals surface area contributed by atoms with Crippen LogP contribution < -0.4 is 10.4 Å². The number of fused-ring (bicyclic) bond motifs is 1. The number of nitrogens with one attached hydrogen (secondary N) is 2. The molecule has 0 atom stereocenters. The van der Waals surface area contributed by atoms with Gasteiger partial charge in [-0.2, -0.15) is 0 Å². The van der Waals surface area contributed by atoms with Gasteiger partial charge in [0.1, 0.15) is 0 Å². The van der Waals surface area contributed by atoms with Crippen LogP contribution in [0.3, 0.4) is 0 Å². The van der Waals surface area contributed by atoms with Gasteiger partial charge < -0.3 is 9.88 Å². The number of benzene rings is 2. The molecular weight excluding hydrogens is 366 g/mol. The summed E-state index contributed by atoms with van der Waals surface area (Å²) in [4.78, 5) is 28.1. The predicted octanol–water partition coefficient (Wildman–Crippen LogP) is 4.64. The Morgan fingerprint density at radius 1 is 0.966 bits per heavy atom. The fraction of sp³-hybridized carbons (Fsp3) is 0.304. The van der Waals surface area contributed by atoms with Crippen molar-refractivity contribution in [1.29, 1.82) is 0 Å². The van der Waals surface area contributed by atoms with Gasteiger partial charge in [0, 0.05) is 37.3 Å². The zero-order valence-electron chi connectivity index (χ0n) is 16.6. The molecular formula is C23H27N3O3. The molecule has 3 N–H and O–H groups in total. The Balaban J connectivity index is 1.58. The molecule has 0 aliphatic rings. The largest absolute Gasteiger partial charge is 0.361 e. The van der Waals surface area contributed by atoms with Gasteiger partial charge in [-0.15, -0.1) is 0 Å². The number of anilines is 1. The number of rotatable bonds is 9. The van der Waals surface area contributed by atoms with E-state index in [1.54, 1.807) is 17.3 Å². The maximum absolute atomic E-state index is 12.1. The van der Waals surface area contributed by atoms with Gasteiger partial charge in [-0.25, -0.2) is 5.48 Å². The summed E-state index contributed by atoms with van der Waals surface area (Å²) in [6.07, 6.45) is 5.67.